The molecular weight excluding hydrogens is 308 g/mol. The maximum Gasteiger partial charge on any atom is 0.231 e. The van der Waals surface area contributed by atoms with Crippen molar-refractivity contribution in [1.29, 1.82) is 0 Å². The molecule has 1 aliphatic rings. The van der Waals surface area contributed by atoms with Crippen LogP contribution in [0.1, 0.15) is 94.7 Å². The fraction of sp³-hybridized carbons (Fsp3) is 0.682. The van der Waals surface area contributed by atoms with E-state index >= 15 is 0 Å². The molecule has 0 aliphatic heterocycles. The lowest BCUT2D eigenvalue weighted by Gasteiger charge is -2.31. The summed E-state index contributed by atoms with van der Waals surface area (Å²) in [4.78, 5) is 13.8. The summed E-state index contributed by atoms with van der Waals surface area (Å²) in [5.41, 5.74) is 8.34. The predicted octanol–water partition coefficient (Wildman–Crippen LogP) is 5.16. The summed E-state index contributed by atoms with van der Waals surface area (Å²) in [5, 5.41) is 0. The molecule has 1 aromatic rings. The van der Waals surface area contributed by atoms with Gasteiger partial charge in [-0.3, -0.25) is 9.69 Å². The molecular formula is C22H36N2O. The van der Waals surface area contributed by atoms with E-state index < -0.39 is 0 Å². The largest absolute Gasteiger partial charge is 0.369 e. The van der Waals surface area contributed by atoms with E-state index in [-0.39, 0.29) is 5.91 Å². The lowest BCUT2D eigenvalue weighted by atomic mass is 9.83. The van der Waals surface area contributed by atoms with Crippen molar-refractivity contribution in [2.75, 3.05) is 13.1 Å². The minimum atomic E-state index is -0.226. The van der Waals surface area contributed by atoms with Crippen molar-refractivity contribution in [2.45, 2.75) is 83.6 Å². The first-order chi connectivity index (χ1) is 12.2. The molecule has 0 heterocycles. The van der Waals surface area contributed by atoms with Gasteiger partial charge < -0.3 is 5.73 Å². The van der Waals surface area contributed by atoms with Crippen LogP contribution in [-0.4, -0.2) is 23.9 Å². The lowest BCUT2D eigenvalue weighted by Crippen LogP contribution is -2.37. The highest BCUT2D eigenvalue weighted by molar-refractivity contribution is 5.76. The molecule has 0 radical (unpaired) electrons. The SMILES string of the molecule is CCCCN(CC(N)=O)C(CCC)c1ccc(C2CCCCC2)cc1. The van der Waals surface area contributed by atoms with Crippen molar-refractivity contribution in [3.63, 3.8) is 0 Å². The first-order valence-corrected chi connectivity index (χ1v) is 10.3. The Hall–Kier alpha value is -1.35. The van der Waals surface area contributed by atoms with Gasteiger partial charge in [0.15, 0.2) is 0 Å². The lowest BCUT2D eigenvalue weighted by molar-refractivity contribution is -0.119. The number of primary amides is 1. The van der Waals surface area contributed by atoms with E-state index in [0.29, 0.717) is 12.6 Å². The highest BCUT2D eigenvalue weighted by Gasteiger charge is 2.22. The van der Waals surface area contributed by atoms with Crippen LogP contribution in [0.3, 0.4) is 0 Å². The number of carbonyl (C=O) groups excluding carboxylic acids is 1. The molecule has 140 valence electrons. The van der Waals surface area contributed by atoms with E-state index in [2.05, 4.69) is 43.0 Å². The molecule has 2 rings (SSSR count). The number of amides is 1. The van der Waals surface area contributed by atoms with E-state index in [1.54, 1.807) is 0 Å². The molecule has 2 N–H and O–H groups in total. The fourth-order valence-electron chi connectivity index (χ4n) is 4.17. The average molecular weight is 345 g/mol. The van der Waals surface area contributed by atoms with Crippen LogP contribution in [0.15, 0.2) is 24.3 Å². The summed E-state index contributed by atoms with van der Waals surface area (Å²) < 4.78 is 0. The summed E-state index contributed by atoms with van der Waals surface area (Å²) in [6.07, 6.45) is 11.2. The molecule has 0 bridgehead atoms. The number of carbonyl (C=O) groups is 1. The van der Waals surface area contributed by atoms with Gasteiger partial charge in [0.25, 0.3) is 0 Å². The monoisotopic (exact) mass is 344 g/mol. The van der Waals surface area contributed by atoms with Crippen LogP contribution in [-0.2, 0) is 4.79 Å². The van der Waals surface area contributed by atoms with Gasteiger partial charge in [0.2, 0.25) is 5.91 Å². The Kier molecular flexibility index (Phi) is 8.47. The molecule has 1 aliphatic carbocycles. The van der Waals surface area contributed by atoms with Gasteiger partial charge in [-0.15, -0.1) is 0 Å². The zero-order valence-electron chi connectivity index (χ0n) is 16.2. The standard InChI is InChI=1S/C22H36N2O/c1-3-5-16-24(17-22(23)25)21(9-4-2)20-14-12-19(13-15-20)18-10-7-6-8-11-18/h12-15,18,21H,3-11,16-17H2,1-2H3,(H2,23,25). The first-order valence-electron chi connectivity index (χ1n) is 10.3. The molecule has 1 saturated carbocycles. The van der Waals surface area contributed by atoms with Crippen LogP contribution in [0.4, 0.5) is 0 Å². The molecule has 3 heteroatoms. The number of nitrogens with zero attached hydrogens (tertiary/aromatic N) is 1. The Morgan fingerprint density at radius 1 is 1.12 bits per heavy atom. The smallest absolute Gasteiger partial charge is 0.231 e. The third-order valence-corrected chi connectivity index (χ3v) is 5.56. The summed E-state index contributed by atoms with van der Waals surface area (Å²) in [7, 11) is 0. The molecule has 25 heavy (non-hydrogen) atoms. The summed E-state index contributed by atoms with van der Waals surface area (Å²) in [5.74, 6) is 0.519. The highest BCUT2D eigenvalue weighted by atomic mass is 16.1. The van der Waals surface area contributed by atoms with Gasteiger partial charge in [0.05, 0.1) is 6.54 Å². The molecule has 1 unspecified atom stereocenters. The van der Waals surface area contributed by atoms with Crippen molar-refractivity contribution in [3.8, 4) is 0 Å². The topological polar surface area (TPSA) is 46.3 Å². The summed E-state index contributed by atoms with van der Waals surface area (Å²) in [6, 6.07) is 9.55. The normalized spacial score (nSPS) is 16.9. The maximum atomic E-state index is 11.6. The van der Waals surface area contributed by atoms with Gasteiger partial charge >= 0.3 is 0 Å². The number of benzene rings is 1. The fourth-order valence-corrected chi connectivity index (χ4v) is 4.17. The van der Waals surface area contributed by atoms with Crippen LogP contribution in [0, 0.1) is 0 Å². The zero-order chi connectivity index (χ0) is 18.1. The molecule has 0 spiro atoms. The quantitative estimate of drug-likeness (QED) is 0.637. The van der Waals surface area contributed by atoms with Crippen molar-refractivity contribution >= 4 is 5.91 Å². The second-order valence-electron chi connectivity index (χ2n) is 7.60. The van der Waals surface area contributed by atoms with Crippen molar-refractivity contribution < 1.29 is 4.79 Å². The van der Waals surface area contributed by atoms with Crippen LogP contribution >= 0.6 is 0 Å². The minimum absolute atomic E-state index is 0.226. The Bertz CT molecular complexity index is 505. The number of hydrogen-bond acceptors (Lipinski definition) is 2. The number of unbranched alkanes of at least 4 members (excludes halogenated alkanes) is 1. The minimum Gasteiger partial charge on any atom is -0.369 e. The number of nitrogens with two attached hydrogens (primary N) is 1. The van der Waals surface area contributed by atoms with E-state index in [1.807, 2.05) is 0 Å². The van der Waals surface area contributed by atoms with E-state index in [0.717, 1.165) is 38.1 Å². The molecule has 1 fully saturated rings. The second kappa shape index (κ2) is 10.6. The van der Waals surface area contributed by atoms with Crippen LogP contribution in [0.2, 0.25) is 0 Å². The molecule has 0 aromatic heterocycles. The van der Waals surface area contributed by atoms with Crippen molar-refractivity contribution in [3.05, 3.63) is 35.4 Å². The molecule has 0 saturated heterocycles. The highest BCUT2D eigenvalue weighted by Crippen LogP contribution is 2.34. The van der Waals surface area contributed by atoms with Gasteiger partial charge in [-0.05, 0) is 49.3 Å². The van der Waals surface area contributed by atoms with Crippen LogP contribution in [0.25, 0.3) is 0 Å². The maximum absolute atomic E-state index is 11.6. The zero-order valence-corrected chi connectivity index (χ0v) is 16.2. The van der Waals surface area contributed by atoms with E-state index in [9.17, 15) is 4.79 Å². The summed E-state index contributed by atoms with van der Waals surface area (Å²) in [6.45, 7) is 5.70. The van der Waals surface area contributed by atoms with Gasteiger partial charge in [-0.25, -0.2) is 0 Å². The van der Waals surface area contributed by atoms with Gasteiger partial charge in [0, 0.05) is 6.04 Å². The molecule has 1 atom stereocenters. The second-order valence-corrected chi connectivity index (χ2v) is 7.60. The predicted molar refractivity (Wildman–Crippen MR) is 106 cm³/mol. The summed E-state index contributed by atoms with van der Waals surface area (Å²) >= 11 is 0. The molecule has 1 amide bonds. The van der Waals surface area contributed by atoms with Crippen LogP contribution < -0.4 is 5.73 Å². The van der Waals surface area contributed by atoms with Gasteiger partial charge in [-0.1, -0.05) is 70.2 Å². The van der Waals surface area contributed by atoms with E-state index in [1.165, 1.54) is 43.2 Å². The molecule has 1 aromatic carbocycles. The third-order valence-electron chi connectivity index (χ3n) is 5.56. The number of rotatable bonds is 10. The first kappa shape index (κ1) is 20.0. The number of hydrogen-bond donors (Lipinski definition) is 1. The Labute approximate surface area is 154 Å². The third kappa shape index (κ3) is 6.14. The van der Waals surface area contributed by atoms with Crippen LogP contribution in [0.5, 0.6) is 0 Å². The van der Waals surface area contributed by atoms with E-state index in [4.69, 9.17) is 5.73 Å². The average Bonchev–Trinajstić information content (AvgIpc) is 2.64. The van der Waals surface area contributed by atoms with Gasteiger partial charge in [0.1, 0.15) is 0 Å². The Morgan fingerprint density at radius 2 is 1.80 bits per heavy atom. The van der Waals surface area contributed by atoms with Gasteiger partial charge in [-0.2, -0.15) is 0 Å². The van der Waals surface area contributed by atoms with Crippen molar-refractivity contribution in [2.24, 2.45) is 5.73 Å². The Morgan fingerprint density at radius 3 is 2.36 bits per heavy atom. The van der Waals surface area contributed by atoms with Crippen molar-refractivity contribution in [1.82, 2.24) is 4.90 Å². The molecule has 3 nitrogen and oxygen atoms in total. The Balaban J connectivity index is 2.14.